The van der Waals surface area contributed by atoms with Crippen molar-refractivity contribution in [3.05, 3.63) is 85.6 Å². The highest BCUT2D eigenvalue weighted by Crippen LogP contribution is 2.28. The molecular formula is C21H17N5O. The minimum absolute atomic E-state index is 0.300. The van der Waals surface area contributed by atoms with Crippen molar-refractivity contribution in [1.29, 1.82) is 5.26 Å². The number of benzene rings is 1. The summed E-state index contributed by atoms with van der Waals surface area (Å²) in [5, 5.41) is 12.6. The molecule has 3 rings (SSSR count). The molecule has 2 heterocycles. The predicted molar refractivity (Wildman–Crippen MR) is 107 cm³/mol. The van der Waals surface area contributed by atoms with Gasteiger partial charge in [0, 0.05) is 22.9 Å². The zero-order chi connectivity index (χ0) is 19.2. The Balaban J connectivity index is 1.94. The first-order chi connectivity index (χ1) is 13.2. The number of anilines is 3. The Hall–Kier alpha value is -4.11. The van der Waals surface area contributed by atoms with E-state index in [9.17, 15) is 5.26 Å². The molecule has 2 aromatic heterocycles. The van der Waals surface area contributed by atoms with Crippen LogP contribution in [0.3, 0.4) is 0 Å². The minimum atomic E-state index is 0.300. The van der Waals surface area contributed by atoms with Crippen LogP contribution in [0.1, 0.15) is 11.3 Å². The van der Waals surface area contributed by atoms with E-state index in [0.29, 0.717) is 34.1 Å². The fourth-order valence-electron chi connectivity index (χ4n) is 2.55. The molecule has 0 bridgehead atoms. The van der Waals surface area contributed by atoms with Gasteiger partial charge in [-0.05, 0) is 24.3 Å². The molecule has 0 spiro atoms. The maximum atomic E-state index is 9.42. The van der Waals surface area contributed by atoms with Crippen molar-refractivity contribution < 1.29 is 4.42 Å². The summed E-state index contributed by atoms with van der Waals surface area (Å²) in [7, 11) is 0. The molecule has 0 fully saturated rings. The molecule has 132 valence electrons. The van der Waals surface area contributed by atoms with Gasteiger partial charge in [-0.2, -0.15) is 5.26 Å². The number of nitrogens with two attached hydrogens (primary N) is 1. The molecule has 27 heavy (non-hydrogen) atoms. The number of nitrogen functional groups attached to an aromatic ring is 1. The van der Waals surface area contributed by atoms with E-state index in [1.165, 1.54) is 6.39 Å². The summed E-state index contributed by atoms with van der Waals surface area (Å²) in [5.41, 5.74) is 9.53. The molecule has 0 amide bonds. The maximum Gasteiger partial charge on any atom is 0.181 e. The Morgan fingerprint density at radius 1 is 1.26 bits per heavy atom. The molecule has 0 radical (unpaired) electrons. The first kappa shape index (κ1) is 17.7. The van der Waals surface area contributed by atoms with E-state index in [1.807, 2.05) is 24.3 Å². The van der Waals surface area contributed by atoms with Crippen molar-refractivity contribution in [2.45, 2.75) is 0 Å². The molecule has 3 aromatic rings. The molecule has 0 aliphatic heterocycles. The number of nitrogens with one attached hydrogen (secondary N) is 1. The first-order valence-electron chi connectivity index (χ1n) is 8.08. The Kier molecular flexibility index (Phi) is 5.15. The first-order valence-corrected chi connectivity index (χ1v) is 8.08. The van der Waals surface area contributed by atoms with E-state index in [-0.39, 0.29) is 0 Å². The second-order valence-electron chi connectivity index (χ2n) is 5.56. The zero-order valence-corrected chi connectivity index (χ0v) is 14.5. The van der Waals surface area contributed by atoms with Crippen molar-refractivity contribution in [3.63, 3.8) is 0 Å². The molecule has 6 heteroatoms. The number of oxazole rings is 1. The number of pyridine rings is 1. The van der Waals surface area contributed by atoms with Gasteiger partial charge in [-0.15, -0.1) is 0 Å². The van der Waals surface area contributed by atoms with Crippen LogP contribution < -0.4 is 11.1 Å². The second kappa shape index (κ2) is 7.85. The minimum Gasteiger partial charge on any atom is -0.444 e. The van der Waals surface area contributed by atoms with Gasteiger partial charge in [-0.1, -0.05) is 31.4 Å². The zero-order valence-electron chi connectivity index (χ0n) is 14.5. The van der Waals surface area contributed by atoms with Crippen LogP contribution in [0.2, 0.25) is 0 Å². The summed E-state index contributed by atoms with van der Waals surface area (Å²) in [6.45, 7) is 7.45. The molecule has 0 saturated heterocycles. The van der Waals surface area contributed by atoms with Gasteiger partial charge in [0.05, 0.1) is 17.6 Å². The van der Waals surface area contributed by atoms with E-state index in [1.54, 1.807) is 30.5 Å². The van der Waals surface area contributed by atoms with Gasteiger partial charge in [-0.3, -0.25) is 0 Å². The Bertz CT molecular complexity index is 1040. The molecule has 0 atom stereocenters. The normalized spacial score (nSPS) is 10.9. The smallest absolute Gasteiger partial charge is 0.181 e. The van der Waals surface area contributed by atoms with Gasteiger partial charge < -0.3 is 15.5 Å². The number of nitrogens with zero attached hydrogens (tertiary/aromatic N) is 3. The van der Waals surface area contributed by atoms with Crippen molar-refractivity contribution in [3.8, 4) is 17.4 Å². The van der Waals surface area contributed by atoms with Crippen LogP contribution in [0.15, 0.2) is 78.7 Å². The lowest BCUT2D eigenvalue weighted by atomic mass is 10.0. The average Bonchev–Trinajstić information content (AvgIpc) is 3.21. The van der Waals surface area contributed by atoms with E-state index >= 15 is 0 Å². The van der Waals surface area contributed by atoms with Crippen molar-refractivity contribution in [2.75, 3.05) is 11.1 Å². The highest BCUT2D eigenvalue weighted by Gasteiger charge is 2.13. The van der Waals surface area contributed by atoms with Crippen molar-refractivity contribution >= 4 is 22.8 Å². The van der Waals surface area contributed by atoms with Gasteiger partial charge in [-0.25, -0.2) is 9.97 Å². The maximum absolute atomic E-state index is 9.42. The van der Waals surface area contributed by atoms with Crippen LogP contribution >= 0.6 is 0 Å². The standard InChI is InChI=1S/C21H17N5O/c1-3-5-14(4-2)21-17(11-22)18(23)10-20(26-21)25-16-8-6-15(7-9-16)19-12-24-13-27-19/h3-10,12-13H,1-2H2,(H3,23,25,26)/b14-5+. The number of nitriles is 1. The van der Waals surface area contributed by atoms with E-state index in [4.69, 9.17) is 10.2 Å². The topological polar surface area (TPSA) is 101 Å². The quantitative estimate of drug-likeness (QED) is 0.622. The highest BCUT2D eigenvalue weighted by molar-refractivity contribution is 5.81. The van der Waals surface area contributed by atoms with Gasteiger partial charge in [0.25, 0.3) is 0 Å². The summed E-state index contributed by atoms with van der Waals surface area (Å²) < 4.78 is 5.28. The summed E-state index contributed by atoms with van der Waals surface area (Å²) in [6, 6.07) is 11.3. The largest absolute Gasteiger partial charge is 0.444 e. The van der Waals surface area contributed by atoms with E-state index in [0.717, 1.165) is 11.3 Å². The van der Waals surface area contributed by atoms with Gasteiger partial charge in [0.2, 0.25) is 0 Å². The summed E-state index contributed by atoms with van der Waals surface area (Å²) in [5.74, 6) is 1.21. The third-order valence-corrected chi connectivity index (χ3v) is 3.83. The average molecular weight is 355 g/mol. The third kappa shape index (κ3) is 3.78. The lowest BCUT2D eigenvalue weighted by Gasteiger charge is -2.12. The molecule has 3 N–H and O–H groups in total. The van der Waals surface area contributed by atoms with Crippen molar-refractivity contribution in [1.82, 2.24) is 9.97 Å². The van der Waals surface area contributed by atoms with Crippen LogP contribution in [0, 0.1) is 11.3 Å². The molecule has 0 aliphatic carbocycles. The van der Waals surface area contributed by atoms with Crippen LogP contribution in [0.5, 0.6) is 0 Å². The lowest BCUT2D eigenvalue weighted by Crippen LogP contribution is -2.03. The lowest BCUT2D eigenvalue weighted by molar-refractivity contribution is 0.572. The molecule has 1 aromatic carbocycles. The number of allylic oxidation sites excluding steroid dienone is 4. The number of rotatable bonds is 6. The van der Waals surface area contributed by atoms with Gasteiger partial charge in [0.1, 0.15) is 17.5 Å². The predicted octanol–water partition coefficient (Wildman–Crippen LogP) is 4.69. The Morgan fingerprint density at radius 2 is 2.04 bits per heavy atom. The van der Waals surface area contributed by atoms with Gasteiger partial charge in [0.15, 0.2) is 12.2 Å². The third-order valence-electron chi connectivity index (χ3n) is 3.83. The second-order valence-corrected chi connectivity index (χ2v) is 5.56. The molecule has 0 aliphatic rings. The van der Waals surface area contributed by atoms with Gasteiger partial charge >= 0.3 is 0 Å². The van der Waals surface area contributed by atoms with Crippen molar-refractivity contribution in [2.24, 2.45) is 0 Å². The highest BCUT2D eigenvalue weighted by atomic mass is 16.3. The van der Waals surface area contributed by atoms with Crippen LogP contribution in [0.4, 0.5) is 17.2 Å². The molecule has 0 unspecified atom stereocenters. The van der Waals surface area contributed by atoms with Crippen LogP contribution in [-0.2, 0) is 0 Å². The molecule has 0 saturated carbocycles. The van der Waals surface area contributed by atoms with Crippen LogP contribution in [-0.4, -0.2) is 9.97 Å². The number of hydrogen-bond acceptors (Lipinski definition) is 6. The Labute approximate surface area is 157 Å². The summed E-state index contributed by atoms with van der Waals surface area (Å²) >= 11 is 0. The fourth-order valence-corrected chi connectivity index (χ4v) is 2.55. The van der Waals surface area contributed by atoms with Crippen LogP contribution in [0.25, 0.3) is 16.9 Å². The molecule has 6 nitrogen and oxygen atoms in total. The van der Waals surface area contributed by atoms with E-state index in [2.05, 4.69) is 34.5 Å². The van der Waals surface area contributed by atoms with E-state index < -0.39 is 0 Å². The Morgan fingerprint density at radius 3 is 2.63 bits per heavy atom. The SMILES string of the molecule is C=C/C=C(\C=C)c1nc(Nc2ccc(-c3cnco3)cc2)cc(N)c1C#N. The molecular weight excluding hydrogens is 338 g/mol. The number of hydrogen-bond donors (Lipinski definition) is 2. The summed E-state index contributed by atoms with van der Waals surface area (Å²) in [6.07, 6.45) is 7.99. The monoisotopic (exact) mass is 355 g/mol. The number of aromatic nitrogens is 2. The fraction of sp³-hybridized carbons (Fsp3) is 0. The summed E-state index contributed by atoms with van der Waals surface area (Å²) in [4.78, 5) is 8.44.